The molecule has 0 saturated carbocycles. The van der Waals surface area contributed by atoms with Crippen LogP contribution in [0, 0.1) is 5.92 Å². The van der Waals surface area contributed by atoms with Crippen molar-refractivity contribution in [2.45, 2.75) is 31.5 Å². The Labute approximate surface area is 119 Å². The van der Waals surface area contributed by atoms with E-state index in [4.69, 9.17) is 0 Å². The van der Waals surface area contributed by atoms with Crippen LogP contribution in [0.1, 0.15) is 18.4 Å². The molecule has 0 bridgehead atoms. The molecule has 0 aromatic heterocycles. The minimum atomic E-state index is -5.69. The first-order chi connectivity index (χ1) is 9.78. The van der Waals surface area contributed by atoms with E-state index in [0.29, 0.717) is 12.8 Å². The lowest BCUT2D eigenvalue weighted by Crippen LogP contribution is -2.47. The second-order valence-electron chi connectivity index (χ2n) is 5.17. The van der Waals surface area contributed by atoms with Gasteiger partial charge in [-0.15, -0.1) is 0 Å². The second kappa shape index (κ2) is 6.27. The topological polar surface area (TPSA) is 12.5 Å². The molecule has 0 aliphatic carbocycles. The van der Waals surface area contributed by atoms with Crippen LogP contribution in [-0.4, -0.2) is 30.4 Å². The average Bonchev–Trinajstić information content (AvgIpc) is 2.41. The predicted molar refractivity (Wildman–Crippen MR) is 66.5 cm³/mol. The number of halogens is 5. The Kier molecular flexibility index (Phi) is 4.83. The minimum absolute atomic E-state index is 0.0726. The summed E-state index contributed by atoms with van der Waals surface area (Å²) in [5.41, 5.74) is 1.14. The molecule has 0 spiro atoms. The Morgan fingerprint density at radius 3 is 2.10 bits per heavy atom. The molecule has 0 radical (unpaired) electrons. The quantitative estimate of drug-likeness (QED) is 0.779. The number of hydroxylamine groups is 2. The molecule has 118 valence electrons. The summed E-state index contributed by atoms with van der Waals surface area (Å²) in [5, 5.41) is 0.717. The van der Waals surface area contributed by atoms with Crippen LogP contribution >= 0.6 is 0 Å². The highest BCUT2D eigenvalue weighted by molar-refractivity contribution is 5.15. The van der Waals surface area contributed by atoms with Crippen molar-refractivity contribution >= 4 is 0 Å². The lowest BCUT2D eigenvalue weighted by Gasteiger charge is -2.33. The summed E-state index contributed by atoms with van der Waals surface area (Å²) in [6, 6.07) is 9.68. The highest BCUT2D eigenvalue weighted by Crippen LogP contribution is 2.37. The summed E-state index contributed by atoms with van der Waals surface area (Å²) in [5.74, 6) is 0.270. The van der Waals surface area contributed by atoms with E-state index in [1.807, 2.05) is 30.3 Å². The van der Waals surface area contributed by atoms with Crippen molar-refractivity contribution in [1.29, 1.82) is 0 Å². The van der Waals surface area contributed by atoms with E-state index in [9.17, 15) is 22.0 Å². The lowest BCUT2D eigenvalue weighted by atomic mass is 9.91. The van der Waals surface area contributed by atoms with Gasteiger partial charge in [-0.3, -0.25) is 0 Å². The Balaban J connectivity index is 1.81. The van der Waals surface area contributed by atoms with Gasteiger partial charge in [-0.1, -0.05) is 30.3 Å². The molecule has 2 rings (SSSR count). The fraction of sp³-hybridized carbons (Fsp3) is 0.571. The van der Waals surface area contributed by atoms with E-state index in [-0.39, 0.29) is 19.0 Å². The first kappa shape index (κ1) is 16.2. The van der Waals surface area contributed by atoms with Crippen LogP contribution in [-0.2, 0) is 11.3 Å². The lowest BCUT2D eigenvalue weighted by molar-refractivity contribution is -0.452. The highest BCUT2D eigenvalue weighted by Gasteiger charge is 2.61. The van der Waals surface area contributed by atoms with E-state index in [1.165, 1.54) is 0 Å². The molecule has 1 heterocycles. The minimum Gasteiger partial charge on any atom is -0.222 e. The number of alkyl halides is 5. The molecular formula is C14H16F5NO. The number of hydrogen-bond donors (Lipinski definition) is 0. The molecule has 0 atom stereocenters. The second-order valence-corrected chi connectivity index (χ2v) is 5.17. The molecule has 1 fully saturated rings. The summed E-state index contributed by atoms with van der Waals surface area (Å²) in [7, 11) is 0. The summed E-state index contributed by atoms with van der Waals surface area (Å²) in [4.78, 5) is 3.82. The van der Waals surface area contributed by atoms with Crippen molar-refractivity contribution in [3.05, 3.63) is 35.9 Å². The fourth-order valence-corrected chi connectivity index (χ4v) is 2.37. The molecule has 0 N–H and O–H groups in total. The smallest absolute Gasteiger partial charge is 0.222 e. The maximum Gasteiger partial charge on any atom is 0.484 e. The van der Waals surface area contributed by atoms with E-state index < -0.39 is 12.3 Å². The highest BCUT2D eigenvalue weighted by atomic mass is 19.4. The van der Waals surface area contributed by atoms with Gasteiger partial charge in [-0.05, 0) is 30.7 Å². The monoisotopic (exact) mass is 309 g/mol. The van der Waals surface area contributed by atoms with Gasteiger partial charge in [0.25, 0.3) is 0 Å². The van der Waals surface area contributed by atoms with Crippen molar-refractivity contribution < 1.29 is 26.8 Å². The standard InChI is InChI=1S/C14H16F5NO/c15-13(16,17)14(18,19)21-20-8-6-12(7-9-20)10-11-4-2-1-3-5-11/h1-5,12H,6-10H2. The van der Waals surface area contributed by atoms with Gasteiger partial charge in [-0.2, -0.15) is 27.0 Å². The normalized spacial score (nSPS) is 18.9. The van der Waals surface area contributed by atoms with Crippen molar-refractivity contribution in [3.8, 4) is 0 Å². The summed E-state index contributed by atoms with van der Waals surface area (Å²) >= 11 is 0. The van der Waals surface area contributed by atoms with Crippen molar-refractivity contribution in [1.82, 2.24) is 5.06 Å². The molecule has 1 aliphatic rings. The van der Waals surface area contributed by atoms with Gasteiger partial charge in [0.1, 0.15) is 0 Å². The molecule has 1 aromatic rings. The van der Waals surface area contributed by atoms with E-state index in [0.717, 1.165) is 17.0 Å². The molecule has 21 heavy (non-hydrogen) atoms. The van der Waals surface area contributed by atoms with Crippen LogP contribution in [0.2, 0.25) is 0 Å². The molecule has 0 unspecified atom stereocenters. The van der Waals surface area contributed by atoms with Crippen molar-refractivity contribution in [2.24, 2.45) is 5.92 Å². The van der Waals surface area contributed by atoms with Gasteiger partial charge in [0, 0.05) is 13.1 Å². The fourth-order valence-electron chi connectivity index (χ4n) is 2.37. The van der Waals surface area contributed by atoms with Crippen LogP contribution in [0.3, 0.4) is 0 Å². The average molecular weight is 309 g/mol. The molecular weight excluding hydrogens is 293 g/mol. The Morgan fingerprint density at radius 2 is 1.57 bits per heavy atom. The number of hydrogen-bond acceptors (Lipinski definition) is 2. The summed E-state index contributed by atoms with van der Waals surface area (Å²) < 4.78 is 61.7. The van der Waals surface area contributed by atoms with Crippen molar-refractivity contribution in [3.63, 3.8) is 0 Å². The van der Waals surface area contributed by atoms with Crippen LogP contribution < -0.4 is 0 Å². The third-order valence-corrected chi connectivity index (χ3v) is 3.51. The van der Waals surface area contributed by atoms with Crippen LogP contribution in [0.25, 0.3) is 0 Å². The zero-order chi connectivity index (χ0) is 15.5. The largest absolute Gasteiger partial charge is 0.484 e. The van der Waals surface area contributed by atoms with Gasteiger partial charge in [-0.25, -0.2) is 4.84 Å². The van der Waals surface area contributed by atoms with Gasteiger partial charge >= 0.3 is 12.3 Å². The predicted octanol–water partition coefficient (Wildman–Crippen LogP) is 4.03. The summed E-state index contributed by atoms with van der Waals surface area (Å²) in [6.07, 6.45) is -8.96. The zero-order valence-electron chi connectivity index (χ0n) is 11.2. The number of benzene rings is 1. The molecule has 0 amide bonds. The summed E-state index contributed by atoms with van der Waals surface area (Å²) in [6.45, 7) is 0.145. The van der Waals surface area contributed by atoms with E-state index in [2.05, 4.69) is 4.84 Å². The van der Waals surface area contributed by atoms with Gasteiger partial charge in [0.2, 0.25) is 0 Å². The van der Waals surface area contributed by atoms with Gasteiger partial charge < -0.3 is 0 Å². The Bertz CT molecular complexity index is 440. The third kappa shape index (κ3) is 4.38. The third-order valence-electron chi connectivity index (χ3n) is 3.51. The van der Waals surface area contributed by atoms with Crippen LogP contribution in [0.15, 0.2) is 30.3 Å². The Morgan fingerprint density at radius 1 is 1.00 bits per heavy atom. The SMILES string of the molecule is FC(F)(F)C(F)(F)ON1CCC(Cc2ccccc2)CC1. The molecule has 7 heteroatoms. The maximum atomic E-state index is 12.8. The first-order valence-electron chi connectivity index (χ1n) is 6.70. The van der Waals surface area contributed by atoms with Crippen LogP contribution in [0.5, 0.6) is 0 Å². The zero-order valence-corrected chi connectivity index (χ0v) is 11.2. The first-order valence-corrected chi connectivity index (χ1v) is 6.70. The molecule has 1 aromatic carbocycles. The van der Waals surface area contributed by atoms with E-state index >= 15 is 0 Å². The molecule has 1 saturated heterocycles. The van der Waals surface area contributed by atoms with E-state index in [1.54, 1.807) is 0 Å². The van der Waals surface area contributed by atoms with Crippen LogP contribution in [0.4, 0.5) is 22.0 Å². The number of piperidine rings is 1. The van der Waals surface area contributed by atoms with Crippen molar-refractivity contribution in [2.75, 3.05) is 13.1 Å². The molecule has 1 aliphatic heterocycles. The number of rotatable bonds is 4. The Hall–Kier alpha value is -1.21. The maximum absolute atomic E-state index is 12.8. The van der Waals surface area contributed by atoms with Gasteiger partial charge in [0.05, 0.1) is 0 Å². The number of nitrogens with zero attached hydrogens (tertiary/aromatic N) is 1. The van der Waals surface area contributed by atoms with Gasteiger partial charge in [0.15, 0.2) is 0 Å². The molecule has 2 nitrogen and oxygen atoms in total.